The molecule has 0 fully saturated rings. The minimum Gasteiger partial charge on any atom is -0.478 e. The Bertz CT molecular complexity index is 514. The zero-order valence-electron chi connectivity index (χ0n) is 9.14. The summed E-state index contributed by atoms with van der Waals surface area (Å²) in [6.45, 7) is 0. The third-order valence-electron chi connectivity index (χ3n) is 1.90. The summed E-state index contributed by atoms with van der Waals surface area (Å²) in [6.07, 6.45) is 0. The Hall–Kier alpha value is -2.07. The van der Waals surface area contributed by atoms with Crippen LogP contribution in [0.1, 0.15) is 10.4 Å². The summed E-state index contributed by atoms with van der Waals surface area (Å²) in [5, 5.41) is 19.4. The second-order valence-electron chi connectivity index (χ2n) is 3.17. The van der Waals surface area contributed by atoms with E-state index in [1.807, 2.05) is 6.07 Å². The highest BCUT2D eigenvalue weighted by molar-refractivity contribution is 8.00. The molecule has 7 heteroatoms. The lowest BCUT2D eigenvalue weighted by atomic mass is 10.1. The summed E-state index contributed by atoms with van der Waals surface area (Å²) >= 11 is 1.08. The highest BCUT2D eigenvalue weighted by Crippen LogP contribution is 2.19. The lowest BCUT2D eigenvalue weighted by Crippen LogP contribution is -2.17. The Morgan fingerprint density at radius 3 is 2.83 bits per heavy atom. The third kappa shape index (κ3) is 3.75. The van der Waals surface area contributed by atoms with Gasteiger partial charge in [-0.25, -0.2) is 9.18 Å². The van der Waals surface area contributed by atoms with Crippen molar-refractivity contribution in [3.63, 3.8) is 0 Å². The first-order chi connectivity index (χ1) is 8.56. The van der Waals surface area contributed by atoms with Crippen LogP contribution in [0.3, 0.4) is 0 Å². The van der Waals surface area contributed by atoms with Gasteiger partial charge in [0.05, 0.1) is 23.3 Å². The second-order valence-corrected chi connectivity index (χ2v) is 4.15. The molecule has 0 radical (unpaired) electrons. The van der Waals surface area contributed by atoms with Gasteiger partial charge in [-0.05, 0) is 12.1 Å². The summed E-state index contributed by atoms with van der Waals surface area (Å²) in [4.78, 5) is 22.3. The molecule has 5 nitrogen and oxygen atoms in total. The number of carboxylic acids is 1. The Morgan fingerprint density at radius 1 is 1.50 bits per heavy atom. The maximum atomic E-state index is 13.3. The van der Waals surface area contributed by atoms with E-state index < -0.39 is 23.3 Å². The first-order valence-corrected chi connectivity index (χ1v) is 5.98. The largest absolute Gasteiger partial charge is 0.478 e. The fourth-order valence-electron chi connectivity index (χ4n) is 1.22. The van der Waals surface area contributed by atoms with E-state index in [1.165, 1.54) is 12.1 Å². The molecule has 1 aromatic rings. The number of halogens is 1. The van der Waals surface area contributed by atoms with E-state index in [-0.39, 0.29) is 17.2 Å². The van der Waals surface area contributed by atoms with Gasteiger partial charge in [0.2, 0.25) is 5.91 Å². The summed E-state index contributed by atoms with van der Waals surface area (Å²) in [5.41, 5.74) is -0.666. The summed E-state index contributed by atoms with van der Waals surface area (Å²) in [6, 6.07) is 5.47. The summed E-state index contributed by atoms with van der Waals surface area (Å²) in [5.74, 6) is -2.69. The number of anilines is 1. The molecular weight excluding hydrogens is 259 g/mol. The average molecular weight is 268 g/mol. The summed E-state index contributed by atoms with van der Waals surface area (Å²) < 4.78 is 13.3. The molecule has 0 spiro atoms. The van der Waals surface area contributed by atoms with Gasteiger partial charge in [-0.1, -0.05) is 6.07 Å². The number of rotatable bonds is 5. The molecule has 0 aliphatic rings. The highest BCUT2D eigenvalue weighted by atomic mass is 32.2. The monoisotopic (exact) mass is 268 g/mol. The zero-order valence-corrected chi connectivity index (χ0v) is 9.96. The van der Waals surface area contributed by atoms with Gasteiger partial charge in [-0.3, -0.25) is 4.79 Å². The second kappa shape index (κ2) is 6.61. The maximum Gasteiger partial charge on any atom is 0.340 e. The molecule has 0 bridgehead atoms. The van der Waals surface area contributed by atoms with Crippen molar-refractivity contribution in [2.75, 3.05) is 16.8 Å². The minimum absolute atomic E-state index is 0.00311. The van der Waals surface area contributed by atoms with E-state index in [0.29, 0.717) is 0 Å². The topological polar surface area (TPSA) is 90.2 Å². The van der Waals surface area contributed by atoms with Gasteiger partial charge < -0.3 is 10.4 Å². The molecule has 1 amide bonds. The first-order valence-electron chi connectivity index (χ1n) is 4.82. The minimum atomic E-state index is -1.45. The van der Waals surface area contributed by atoms with Crippen molar-refractivity contribution in [2.45, 2.75) is 0 Å². The van der Waals surface area contributed by atoms with Crippen LogP contribution < -0.4 is 5.32 Å². The number of benzene rings is 1. The van der Waals surface area contributed by atoms with Crippen molar-refractivity contribution in [1.82, 2.24) is 0 Å². The van der Waals surface area contributed by atoms with Crippen LogP contribution in [0.4, 0.5) is 10.1 Å². The normalized spacial score (nSPS) is 9.56. The van der Waals surface area contributed by atoms with Crippen molar-refractivity contribution in [3.05, 3.63) is 29.6 Å². The summed E-state index contributed by atoms with van der Waals surface area (Å²) in [7, 11) is 0. The van der Waals surface area contributed by atoms with Gasteiger partial charge >= 0.3 is 5.97 Å². The molecule has 1 aromatic carbocycles. The van der Waals surface area contributed by atoms with Gasteiger partial charge in [0, 0.05) is 0 Å². The number of carbonyl (C=O) groups is 2. The van der Waals surface area contributed by atoms with Crippen LogP contribution in [0.25, 0.3) is 0 Å². The molecule has 2 N–H and O–H groups in total. The standard InChI is InChI=1S/C11H9FN2O3S/c12-7-2-1-3-8(10(7)11(16)17)14-9(15)6-18-5-4-13/h1-3H,5-6H2,(H,14,15)(H,16,17). The quantitative estimate of drug-likeness (QED) is 0.793. The molecule has 0 aliphatic carbocycles. The molecular formula is C11H9FN2O3S. The average Bonchev–Trinajstić information content (AvgIpc) is 2.28. The van der Waals surface area contributed by atoms with Gasteiger partial charge in [0.15, 0.2) is 0 Å². The number of carbonyl (C=O) groups excluding carboxylic acids is 1. The smallest absolute Gasteiger partial charge is 0.340 e. The number of hydrogen-bond acceptors (Lipinski definition) is 4. The first kappa shape index (κ1) is 14.0. The van der Waals surface area contributed by atoms with E-state index in [0.717, 1.165) is 17.8 Å². The Morgan fingerprint density at radius 2 is 2.22 bits per heavy atom. The lowest BCUT2D eigenvalue weighted by Gasteiger charge is -2.08. The number of nitrogens with one attached hydrogen (secondary N) is 1. The fourth-order valence-corrected chi connectivity index (χ4v) is 1.67. The van der Waals surface area contributed by atoms with Crippen LogP contribution in [0.2, 0.25) is 0 Å². The van der Waals surface area contributed by atoms with E-state index >= 15 is 0 Å². The maximum absolute atomic E-state index is 13.3. The molecule has 0 heterocycles. The van der Waals surface area contributed by atoms with Crippen LogP contribution in [0.5, 0.6) is 0 Å². The van der Waals surface area contributed by atoms with E-state index in [1.54, 1.807) is 0 Å². The van der Waals surface area contributed by atoms with Gasteiger partial charge in [-0.2, -0.15) is 5.26 Å². The molecule has 0 atom stereocenters. The molecule has 0 unspecified atom stereocenters. The number of hydrogen-bond donors (Lipinski definition) is 2. The number of carboxylic acid groups (broad SMARTS) is 1. The van der Waals surface area contributed by atoms with E-state index in [9.17, 15) is 14.0 Å². The van der Waals surface area contributed by atoms with Crippen molar-refractivity contribution in [3.8, 4) is 6.07 Å². The van der Waals surface area contributed by atoms with Crippen LogP contribution in [-0.4, -0.2) is 28.5 Å². The highest BCUT2D eigenvalue weighted by Gasteiger charge is 2.17. The van der Waals surface area contributed by atoms with Gasteiger partial charge in [0.25, 0.3) is 0 Å². The van der Waals surface area contributed by atoms with Crippen LogP contribution >= 0.6 is 11.8 Å². The Balaban J connectivity index is 2.79. The van der Waals surface area contributed by atoms with E-state index in [2.05, 4.69) is 5.32 Å². The van der Waals surface area contributed by atoms with Gasteiger partial charge in [0.1, 0.15) is 11.4 Å². The van der Waals surface area contributed by atoms with E-state index in [4.69, 9.17) is 10.4 Å². The van der Waals surface area contributed by atoms with Crippen LogP contribution in [-0.2, 0) is 4.79 Å². The Labute approximate surface area is 107 Å². The molecule has 0 aromatic heterocycles. The fraction of sp³-hybridized carbons (Fsp3) is 0.182. The number of thioether (sulfide) groups is 1. The van der Waals surface area contributed by atoms with Gasteiger partial charge in [-0.15, -0.1) is 11.8 Å². The molecule has 0 saturated carbocycles. The molecule has 0 aliphatic heterocycles. The number of nitriles is 1. The Kier molecular flexibility index (Phi) is 5.14. The van der Waals surface area contributed by atoms with Crippen molar-refractivity contribution < 1.29 is 19.1 Å². The van der Waals surface area contributed by atoms with Crippen LogP contribution in [0, 0.1) is 17.1 Å². The SMILES string of the molecule is N#CCSCC(=O)Nc1cccc(F)c1C(=O)O. The number of aromatic carboxylic acids is 1. The predicted molar refractivity (Wildman–Crippen MR) is 64.9 cm³/mol. The van der Waals surface area contributed by atoms with Crippen LogP contribution in [0.15, 0.2) is 18.2 Å². The zero-order chi connectivity index (χ0) is 13.5. The molecule has 0 saturated heterocycles. The molecule has 94 valence electrons. The molecule has 1 rings (SSSR count). The predicted octanol–water partition coefficient (Wildman–Crippen LogP) is 1.72. The van der Waals surface area contributed by atoms with Crippen molar-refractivity contribution >= 4 is 29.3 Å². The van der Waals surface area contributed by atoms with Crippen molar-refractivity contribution in [2.24, 2.45) is 0 Å². The number of amides is 1. The molecule has 18 heavy (non-hydrogen) atoms. The van der Waals surface area contributed by atoms with Crippen molar-refractivity contribution in [1.29, 1.82) is 5.26 Å². The third-order valence-corrected chi connectivity index (χ3v) is 2.70. The lowest BCUT2D eigenvalue weighted by molar-refractivity contribution is -0.113. The number of nitrogens with zero attached hydrogens (tertiary/aromatic N) is 1.